The summed E-state index contributed by atoms with van der Waals surface area (Å²) in [4.78, 5) is 12.0. The van der Waals surface area contributed by atoms with Crippen LogP contribution in [0, 0.1) is 0 Å². The number of benzene rings is 2. The van der Waals surface area contributed by atoms with Gasteiger partial charge in [0.2, 0.25) is 0 Å². The minimum Gasteiger partial charge on any atom is -0.461 e. The Morgan fingerprint density at radius 2 is 1.56 bits per heavy atom. The van der Waals surface area contributed by atoms with Crippen molar-refractivity contribution in [3.63, 3.8) is 0 Å². The molecule has 0 aromatic heterocycles. The van der Waals surface area contributed by atoms with Gasteiger partial charge in [0.1, 0.15) is 18.3 Å². The van der Waals surface area contributed by atoms with Crippen molar-refractivity contribution in [1.29, 1.82) is 0 Å². The number of hydrogen-bond acceptors (Lipinski definition) is 7. The number of esters is 1. The fourth-order valence-corrected chi connectivity index (χ4v) is 3.47. The first-order valence-corrected chi connectivity index (χ1v) is 10.2. The normalized spacial score (nSPS) is 25.6. The molecule has 2 N–H and O–H groups in total. The molecule has 0 radical (unpaired) electrons. The summed E-state index contributed by atoms with van der Waals surface area (Å²) >= 11 is 0. The van der Waals surface area contributed by atoms with Crippen molar-refractivity contribution in [2.75, 3.05) is 13.2 Å². The zero-order chi connectivity index (χ0) is 23.2. The molecule has 4 atom stereocenters. The highest BCUT2D eigenvalue weighted by Gasteiger charge is 2.72. The third kappa shape index (κ3) is 4.97. The highest BCUT2D eigenvalue weighted by atomic mass is 19.3. The van der Waals surface area contributed by atoms with Gasteiger partial charge in [-0.25, -0.2) is 4.79 Å². The van der Waals surface area contributed by atoms with Crippen LogP contribution in [-0.2, 0) is 37.0 Å². The maximum atomic E-state index is 15.0. The van der Waals surface area contributed by atoms with Crippen LogP contribution < -0.4 is 0 Å². The van der Waals surface area contributed by atoms with Crippen LogP contribution in [0.2, 0.25) is 0 Å². The molecule has 32 heavy (non-hydrogen) atoms. The number of carbonyl (C=O) groups is 1. The monoisotopic (exact) mass is 452 g/mol. The van der Waals surface area contributed by atoms with Gasteiger partial charge in [-0.1, -0.05) is 60.7 Å². The van der Waals surface area contributed by atoms with Crippen molar-refractivity contribution in [3.8, 4) is 0 Å². The van der Waals surface area contributed by atoms with Crippen molar-refractivity contribution >= 4 is 5.97 Å². The summed E-state index contributed by atoms with van der Waals surface area (Å²) in [6.45, 7) is 0.111. The van der Waals surface area contributed by atoms with Crippen molar-refractivity contribution < 1.29 is 42.7 Å². The van der Waals surface area contributed by atoms with Crippen LogP contribution in [0.25, 0.3) is 0 Å². The molecule has 0 bridgehead atoms. The third-order valence-electron chi connectivity index (χ3n) is 5.10. The largest absolute Gasteiger partial charge is 0.461 e. The Kier molecular flexibility index (Phi) is 7.91. The summed E-state index contributed by atoms with van der Waals surface area (Å²) in [5, 5.41) is 20.7. The van der Waals surface area contributed by atoms with Crippen LogP contribution in [0.5, 0.6) is 0 Å². The van der Waals surface area contributed by atoms with Gasteiger partial charge in [0.15, 0.2) is 0 Å². The summed E-state index contributed by atoms with van der Waals surface area (Å²) < 4.78 is 51.1. The van der Waals surface area contributed by atoms with Crippen molar-refractivity contribution in [2.24, 2.45) is 0 Å². The highest BCUT2D eigenvalue weighted by Crippen LogP contribution is 2.44. The molecule has 1 fully saturated rings. The Labute approximate surface area is 184 Å². The van der Waals surface area contributed by atoms with E-state index in [-0.39, 0.29) is 19.8 Å². The van der Waals surface area contributed by atoms with E-state index in [1.807, 2.05) is 6.07 Å². The average molecular weight is 452 g/mol. The predicted octanol–water partition coefficient (Wildman–Crippen LogP) is 2.44. The summed E-state index contributed by atoms with van der Waals surface area (Å²) in [6, 6.07) is 17.6. The molecule has 3 rings (SSSR count). The van der Waals surface area contributed by atoms with E-state index in [2.05, 4.69) is 4.74 Å². The SMILES string of the molecule is CCOC(=O)C(F)(F)C1(O)O[C@H](CO)[C@@H](OCc2ccccc2)[C@@H]1OCc1ccccc1. The Balaban J connectivity index is 1.90. The molecule has 2 aromatic carbocycles. The molecule has 0 saturated carbocycles. The van der Waals surface area contributed by atoms with Gasteiger partial charge in [-0.05, 0) is 18.1 Å². The number of alkyl halides is 2. The van der Waals surface area contributed by atoms with Gasteiger partial charge in [0, 0.05) is 0 Å². The second-order valence-corrected chi connectivity index (χ2v) is 7.31. The Morgan fingerprint density at radius 3 is 2.06 bits per heavy atom. The molecule has 1 aliphatic rings. The number of ether oxygens (including phenoxy) is 4. The average Bonchev–Trinajstić information content (AvgIpc) is 3.10. The maximum absolute atomic E-state index is 15.0. The molecule has 1 unspecified atom stereocenters. The lowest BCUT2D eigenvalue weighted by molar-refractivity contribution is -0.334. The molecular weight excluding hydrogens is 426 g/mol. The second kappa shape index (κ2) is 10.5. The van der Waals surface area contributed by atoms with Gasteiger partial charge in [-0.15, -0.1) is 0 Å². The van der Waals surface area contributed by atoms with E-state index >= 15 is 8.78 Å². The van der Waals surface area contributed by atoms with Crippen LogP contribution in [-0.4, -0.2) is 59.4 Å². The fraction of sp³-hybridized carbons (Fsp3) is 0.435. The highest BCUT2D eigenvalue weighted by molar-refractivity contribution is 5.79. The molecular formula is C23H26F2O7. The van der Waals surface area contributed by atoms with E-state index in [1.165, 1.54) is 6.92 Å². The van der Waals surface area contributed by atoms with E-state index in [1.54, 1.807) is 54.6 Å². The van der Waals surface area contributed by atoms with Crippen molar-refractivity contribution in [1.82, 2.24) is 0 Å². The molecule has 9 heteroatoms. The lowest BCUT2D eigenvalue weighted by Gasteiger charge is -2.34. The van der Waals surface area contributed by atoms with Crippen LogP contribution in [0.3, 0.4) is 0 Å². The van der Waals surface area contributed by atoms with E-state index < -0.39 is 42.6 Å². The fourth-order valence-electron chi connectivity index (χ4n) is 3.47. The summed E-state index contributed by atoms with van der Waals surface area (Å²) in [5.74, 6) is -9.86. The van der Waals surface area contributed by atoms with E-state index in [0.29, 0.717) is 5.56 Å². The number of hydrogen-bond donors (Lipinski definition) is 2. The van der Waals surface area contributed by atoms with Gasteiger partial charge in [0.05, 0.1) is 26.4 Å². The third-order valence-corrected chi connectivity index (χ3v) is 5.10. The van der Waals surface area contributed by atoms with Gasteiger partial charge in [-0.2, -0.15) is 8.78 Å². The minimum atomic E-state index is -4.48. The number of aliphatic hydroxyl groups is 2. The van der Waals surface area contributed by atoms with Crippen molar-refractivity contribution in [3.05, 3.63) is 71.8 Å². The van der Waals surface area contributed by atoms with Gasteiger partial charge < -0.3 is 29.2 Å². The number of rotatable bonds is 10. The second-order valence-electron chi connectivity index (χ2n) is 7.31. The van der Waals surface area contributed by atoms with Crippen molar-refractivity contribution in [2.45, 2.75) is 50.2 Å². The lowest BCUT2D eigenvalue weighted by atomic mass is 9.98. The quantitative estimate of drug-likeness (QED) is 0.535. The summed E-state index contributed by atoms with van der Waals surface area (Å²) in [5.41, 5.74) is 1.38. The molecule has 0 spiro atoms. The van der Waals surface area contributed by atoms with Crippen LogP contribution in [0.4, 0.5) is 8.78 Å². The molecule has 174 valence electrons. The molecule has 1 aliphatic heterocycles. The van der Waals surface area contributed by atoms with Crippen LogP contribution >= 0.6 is 0 Å². The number of halogens is 2. The Bertz CT molecular complexity index is 865. The predicted molar refractivity (Wildman–Crippen MR) is 109 cm³/mol. The zero-order valence-electron chi connectivity index (χ0n) is 17.5. The number of aliphatic hydroxyl groups excluding tert-OH is 1. The first kappa shape index (κ1) is 24.2. The van der Waals surface area contributed by atoms with Gasteiger partial charge in [0.25, 0.3) is 5.79 Å². The molecule has 7 nitrogen and oxygen atoms in total. The summed E-state index contributed by atoms with van der Waals surface area (Å²) in [7, 11) is 0. The Hall–Kier alpha value is -2.43. The number of carbonyl (C=O) groups excluding carboxylic acids is 1. The molecule has 2 aromatic rings. The van der Waals surface area contributed by atoms with E-state index in [0.717, 1.165) is 5.56 Å². The van der Waals surface area contributed by atoms with Crippen LogP contribution in [0.1, 0.15) is 18.1 Å². The maximum Gasteiger partial charge on any atom is 0.397 e. The zero-order valence-corrected chi connectivity index (χ0v) is 17.5. The molecule has 1 heterocycles. The van der Waals surface area contributed by atoms with Gasteiger partial charge >= 0.3 is 11.9 Å². The lowest BCUT2D eigenvalue weighted by Crippen LogP contribution is -2.61. The van der Waals surface area contributed by atoms with E-state index in [9.17, 15) is 15.0 Å². The topological polar surface area (TPSA) is 94.5 Å². The minimum absolute atomic E-state index is 0.0162. The van der Waals surface area contributed by atoms with E-state index in [4.69, 9.17) is 14.2 Å². The standard InChI is InChI=1S/C23H26F2O7/c1-2-29-21(27)22(24,25)23(28)20(31-15-17-11-7-4-8-12-17)19(18(13-26)32-23)30-14-16-9-5-3-6-10-16/h3-12,18-20,26,28H,2,13-15H2,1H3/t18-,19-,20+,23?/m1/s1. The smallest absolute Gasteiger partial charge is 0.397 e. The molecule has 0 amide bonds. The molecule has 0 aliphatic carbocycles. The molecule has 1 saturated heterocycles. The van der Waals surface area contributed by atoms with Gasteiger partial charge in [-0.3, -0.25) is 0 Å². The summed E-state index contributed by atoms with van der Waals surface area (Å²) in [6.07, 6.45) is -4.47. The van der Waals surface area contributed by atoms with Crippen LogP contribution in [0.15, 0.2) is 60.7 Å². The Morgan fingerprint density at radius 1 is 1.03 bits per heavy atom. The first-order chi connectivity index (χ1) is 15.3. The first-order valence-electron chi connectivity index (χ1n) is 10.2.